The third-order valence-corrected chi connectivity index (χ3v) is 3.79. The van der Waals surface area contributed by atoms with E-state index in [1.165, 1.54) is 12.1 Å². The number of nitrogens with zero attached hydrogens (tertiary/aromatic N) is 2. The van der Waals surface area contributed by atoms with Crippen molar-refractivity contribution >= 4 is 55.0 Å². The number of nitrogens with one attached hydrogen (secondary N) is 1. The highest BCUT2D eigenvalue weighted by molar-refractivity contribution is 9.11. The van der Waals surface area contributed by atoms with Crippen LogP contribution in [0.15, 0.2) is 39.4 Å². The Morgan fingerprint density at radius 1 is 1.29 bits per heavy atom. The van der Waals surface area contributed by atoms with Gasteiger partial charge in [-0.25, -0.2) is 9.78 Å². The van der Waals surface area contributed by atoms with Crippen molar-refractivity contribution in [2.24, 2.45) is 0 Å². The van der Waals surface area contributed by atoms with Gasteiger partial charge < -0.3 is 10.4 Å². The van der Waals surface area contributed by atoms with Crippen LogP contribution >= 0.6 is 31.9 Å². The molecule has 1 aromatic heterocycles. The summed E-state index contributed by atoms with van der Waals surface area (Å²) >= 11 is 6.33. The van der Waals surface area contributed by atoms with Gasteiger partial charge in [-0.1, -0.05) is 0 Å². The van der Waals surface area contributed by atoms with E-state index in [1.807, 2.05) is 0 Å². The van der Waals surface area contributed by atoms with Crippen LogP contribution in [-0.4, -0.2) is 21.0 Å². The molecule has 2 aromatic rings. The van der Waals surface area contributed by atoms with Crippen LogP contribution in [0.3, 0.4) is 0 Å². The molecule has 0 bridgehead atoms. The number of halogens is 2. The molecule has 7 nitrogen and oxygen atoms in total. The zero-order valence-corrected chi connectivity index (χ0v) is 13.4. The minimum atomic E-state index is -1.07. The molecule has 0 aliphatic heterocycles. The zero-order chi connectivity index (χ0) is 15.6. The molecule has 0 unspecified atom stereocenters. The van der Waals surface area contributed by atoms with Crippen LogP contribution < -0.4 is 5.32 Å². The second kappa shape index (κ2) is 6.19. The molecule has 2 rings (SSSR count). The Balaban J connectivity index is 2.32. The number of carboxylic acid groups (broad SMARTS) is 1. The monoisotopic (exact) mass is 415 g/mol. The normalized spacial score (nSPS) is 10.2. The number of nitro groups is 1. The summed E-state index contributed by atoms with van der Waals surface area (Å²) in [7, 11) is 0. The molecular formula is C12H7Br2N3O4. The number of carbonyl (C=O) groups is 1. The summed E-state index contributed by atoms with van der Waals surface area (Å²) in [5.41, 5.74) is 0.449. The van der Waals surface area contributed by atoms with Crippen LogP contribution in [-0.2, 0) is 0 Å². The Bertz CT molecular complexity index is 736. The first kappa shape index (κ1) is 15.4. The van der Waals surface area contributed by atoms with Gasteiger partial charge in [0.2, 0.25) is 0 Å². The molecule has 0 radical (unpaired) electrons. The van der Waals surface area contributed by atoms with Crippen LogP contribution in [0.4, 0.5) is 17.2 Å². The van der Waals surface area contributed by atoms with E-state index in [2.05, 4.69) is 42.2 Å². The smallest absolute Gasteiger partial charge is 0.336 e. The van der Waals surface area contributed by atoms with E-state index in [4.69, 9.17) is 5.11 Å². The molecule has 108 valence electrons. The van der Waals surface area contributed by atoms with Crippen LogP contribution in [0.25, 0.3) is 0 Å². The van der Waals surface area contributed by atoms with Crippen molar-refractivity contribution in [3.8, 4) is 0 Å². The number of hydrogen-bond donors (Lipinski definition) is 2. The summed E-state index contributed by atoms with van der Waals surface area (Å²) in [5.74, 6) is -0.722. The van der Waals surface area contributed by atoms with Gasteiger partial charge in [-0.2, -0.15) is 0 Å². The van der Waals surface area contributed by atoms with E-state index in [1.54, 1.807) is 12.1 Å². The molecule has 21 heavy (non-hydrogen) atoms. The highest BCUT2D eigenvalue weighted by atomic mass is 79.9. The number of pyridine rings is 1. The second-order valence-corrected chi connectivity index (χ2v) is 5.61. The first-order valence-corrected chi connectivity index (χ1v) is 7.07. The van der Waals surface area contributed by atoms with Crippen molar-refractivity contribution in [2.75, 3.05) is 5.32 Å². The number of aromatic carboxylic acids is 1. The fourth-order valence-corrected chi connectivity index (χ4v) is 2.38. The first-order valence-electron chi connectivity index (χ1n) is 5.48. The Kier molecular flexibility index (Phi) is 4.53. The molecule has 9 heteroatoms. The SMILES string of the molecule is O=C(O)c1cc(Nc2ncc([N+](=O)[O-])cc2Br)ccc1Br. The van der Waals surface area contributed by atoms with Gasteiger partial charge in [-0.15, -0.1) is 0 Å². The van der Waals surface area contributed by atoms with Crippen LogP contribution in [0, 0.1) is 10.1 Å². The largest absolute Gasteiger partial charge is 0.478 e. The van der Waals surface area contributed by atoms with Crippen molar-refractivity contribution in [1.29, 1.82) is 0 Å². The van der Waals surface area contributed by atoms with Gasteiger partial charge in [0.15, 0.2) is 0 Å². The predicted octanol–water partition coefficient (Wildman–Crippen LogP) is 3.96. The van der Waals surface area contributed by atoms with Crippen LogP contribution in [0.1, 0.15) is 10.4 Å². The van der Waals surface area contributed by atoms with Gasteiger partial charge in [-0.05, 0) is 50.1 Å². The zero-order valence-electron chi connectivity index (χ0n) is 10.2. The molecule has 2 N–H and O–H groups in total. The van der Waals surface area contributed by atoms with Crippen molar-refractivity contribution in [1.82, 2.24) is 4.98 Å². The van der Waals surface area contributed by atoms with Gasteiger partial charge >= 0.3 is 5.97 Å². The number of carboxylic acids is 1. The number of benzene rings is 1. The maximum Gasteiger partial charge on any atom is 0.336 e. The third kappa shape index (κ3) is 3.56. The minimum Gasteiger partial charge on any atom is -0.478 e. The average Bonchev–Trinajstić information content (AvgIpc) is 2.42. The molecule has 0 aliphatic carbocycles. The van der Waals surface area contributed by atoms with Crippen LogP contribution in [0.5, 0.6) is 0 Å². The minimum absolute atomic E-state index is 0.0954. The molecule has 1 heterocycles. The quantitative estimate of drug-likeness (QED) is 0.577. The Morgan fingerprint density at radius 3 is 2.57 bits per heavy atom. The Hall–Kier alpha value is -2.00. The molecule has 0 fully saturated rings. The van der Waals surface area contributed by atoms with E-state index in [-0.39, 0.29) is 11.3 Å². The highest BCUT2D eigenvalue weighted by Gasteiger charge is 2.13. The maximum absolute atomic E-state index is 11.1. The standard InChI is InChI=1S/C12H7Br2N3O4/c13-9-2-1-6(3-8(9)12(18)19)16-11-10(14)4-7(5-15-11)17(20)21/h1-5H,(H,15,16)(H,18,19). The van der Waals surface area contributed by atoms with E-state index in [9.17, 15) is 14.9 Å². The summed E-state index contributed by atoms with van der Waals surface area (Å²) in [6, 6.07) is 5.99. The summed E-state index contributed by atoms with van der Waals surface area (Å²) in [6.45, 7) is 0. The van der Waals surface area contributed by atoms with Crippen molar-refractivity contribution in [2.45, 2.75) is 0 Å². The lowest BCUT2D eigenvalue weighted by Crippen LogP contribution is -2.01. The maximum atomic E-state index is 11.1. The summed E-state index contributed by atoms with van der Waals surface area (Å²) in [6.07, 6.45) is 1.12. The first-order chi connectivity index (χ1) is 9.88. The Morgan fingerprint density at radius 2 is 2.00 bits per heavy atom. The second-order valence-electron chi connectivity index (χ2n) is 3.91. The number of anilines is 2. The van der Waals surface area contributed by atoms with Gasteiger partial charge in [0.1, 0.15) is 12.0 Å². The molecule has 1 aromatic carbocycles. The lowest BCUT2D eigenvalue weighted by molar-refractivity contribution is -0.385. The van der Waals surface area contributed by atoms with E-state index in [0.717, 1.165) is 6.20 Å². The van der Waals surface area contributed by atoms with E-state index >= 15 is 0 Å². The summed E-state index contributed by atoms with van der Waals surface area (Å²) < 4.78 is 0.854. The summed E-state index contributed by atoms with van der Waals surface area (Å²) in [4.78, 5) is 25.1. The number of hydrogen-bond acceptors (Lipinski definition) is 5. The lowest BCUT2D eigenvalue weighted by atomic mass is 10.2. The van der Waals surface area contributed by atoms with Crippen molar-refractivity contribution < 1.29 is 14.8 Å². The third-order valence-electron chi connectivity index (χ3n) is 2.50. The van der Waals surface area contributed by atoms with Gasteiger partial charge in [0, 0.05) is 16.2 Å². The van der Waals surface area contributed by atoms with Crippen molar-refractivity contribution in [3.05, 3.63) is 55.1 Å². The van der Waals surface area contributed by atoms with E-state index < -0.39 is 10.9 Å². The van der Waals surface area contributed by atoms with Crippen molar-refractivity contribution in [3.63, 3.8) is 0 Å². The van der Waals surface area contributed by atoms with Gasteiger partial charge in [0.05, 0.1) is 15.0 Å². The van der Waals surface area contributed by atoms with Gasteiger partial charge in [-0.3, -0.25) is 10.1 Å². The Labute approximate surface area is 135 Å². The molecule has 0 saturated heterocycles. The number of aromatic nitrogens is 1. The predicted molar refractivity (Wildman–Crippen MR) is 83.0 cm³/mol. The van der Waals surface area contributed by atoms with Crippen LogP contribution in [0.2, 0.25) is 0 Å². The molecule has 0 amide bonds. The lowest BCUT2D eigenvalue weighted by Gasteiger charge is -2.09. The molecule has 0 atom stereocenters. The van der Waals surface area contributed by atoms with E-state index in [0.29, 0.717) is 20.5 Å². The molecule has 0 aliphatic rings. The number of rotatable bonds is 4. The average molecular weight is 417 g/mol. The van der Waals surface area contributed by atoms with Gasteiger partial charge in [0.25, 0.3) is 5.69 Å². The highest BCUT2D eigenvalue weighted by Crippen LogP contribution is 2.28. The molecule has 0 spiro atoms. The topological polar surface area (TPSA) is 105 Å². The fraction of sp³-hybridized carbons (Fsp3) is 0. The molecular weight excluding hydrogens is 410 g/mol. The fourth-order valence-electron chi connectivity index (χ4n) is 1.52. The molecule has 0 saturated carbocycles. The summed E-state index contributed by atoms with van der Waals surface area (Å²) in [5, 5.41) is 22.6.